The summed E-state index contributed by atoms with van der Waals surface area (Å²) in [5, 5.41) is 16.5. The molecule has 0 radical (unpaired) electrons. The molecule has 1 amide bonds. The molecule has 2 aromatic carbocycles. The topological polar surface area (TPSA) is 77.2 Å². The van der Waals surface area contributed by atoms with E-state index >= 15 is 0 Å². The molecule has 2 heterocycles. The Morgan fingerprint density at radius 2 is 1.64 bits per heavy atom. The van der Waals surface area contributed by atoms with Crippen LogP contribution in [-0.2, 0) is 21.1 Å². The molecule has 1 N–H and O–H groups in total. The van der Waals surface area contributed by atoms with Crippen molar-refractivity contribution in [3.8, 4) is 0 Å². The standard InChI is InChI=1S/C19H15N3O2.Pt/c23-11-10-21-19(24)15-8-7-14-6-4-12-3-5-13-2-1-9-20-17(13)16(12)18(14)22-15;/h1-9,23H,10-11H2,(H,21,24);/p-1. The van der Waals surface area contributed by atoms with Gasteiger partial charge in [0.1, 0.15) is 5.91 Å². The maximum absolute atomic E-state index is 12.1. The average molecular weight is 511 g/mol. The number of carbonyl (C=O) groups is 1. The van der Waals surface area contributed by atoms with Gasteiger partial charge in [-0.3, -0.25) is 4.98 Å². The first-order valence-electron chi connectivity index (χ1n) is 7.68. The number of aliphatic hydroxyl groups excluding tert-OH is 1. The third-order valence-corrected chi connectivity index (χ3v) is 3.99. The second-order valence-corrected chi connectivity index (χ2v) is 5.48. The zero-order chi connectivity index (χ0) is 16.5. The van der Waals surface area contributed by atoms with Gasteiger partial charge < -0.3 is 15.2 Å². The summed E-state index contributed by atoms with van der Waals surface area (Å²) in [6.07, 6.45) is 1.76. The van der Waals surface area contributed by atoms with Gasteiger partial charge in [-0.1, -0.05) is 36.4 Å². The molecule has 5 nitrogen and oxygen atoms in total. The molecule has 0 aliphatic rings. The molecule has 0 saturated carbocycles. The van der Waals surface area contributed by atoms with Gasteiger partial charge in [0.15, 0.2) is 0 Å². The first kappa shape index (κ1) is 17.5. The van der Waals surface area contributed by atoms with Crippen molar-refractivity contribution in [3.05, 3.63) is 65.7 Å². The SMILES string of the molecule is O=C([N-]CCO)c1ccc2ccc3ccc4cccnc4c3c2n1.[Pt]. The van der Waals surface area contributed by atoms with Gasteiger partial charge in [-0.05, 0) is 17.5 Å². The maximum atomic E-state index is 12.1. The Balaban J connectivity index is 0.00000182. The number of nitrogens with zero attached hydrogens (tertiary/aromatic N) is 3. The molecule has 0 bridgehead atoms. The summed E-state index contributed by atoms with van der Waals surface area (Å²) in [5.74, 6) is -0.420. The molecular formula is C19H14N3O2Pt-. The van der Waals surface area contributed by atoms with Crippen molar-refractivity contribution >= 4 is 38.5 Å². The average Bonchev–Trinajstić information content (AvgIpc) is 2.65. The Labute approximate surface area is 158 Å². The van der Waals surface area contributed by atoms with Crippen LogP contribution in [0.3, 0.4) is 0 Å². The summed E-state index contributed by atoms with van der Waals surface area (Å²) >= 11 is 0. The number of pyridine rings is 2. The monoisotopic (exact) mass is 511 g/mol. The third kappa shape index (κ3) is 3.13. The van der Waals surface area contributed by atoms with E-state index in [0.717, 1.165) is 32.6 Å². The van der Waals surface area contributed by atoms with Crippen LogP contribution in [0.2, 0.25) is 0 Å². The quantitative estimate of drug-likeness (QED) is 0.428. The number of aromatic nitrogens is 2. The van der Waals surface area contributed by atoms with Gasteiger partial charge in [0.2, 0.25) is 0 Å². The molecule has 0 unspecified atom stereocenters. The summed E-state index contributed by atoms with van der Waals surface area (Å²) in [5.41, 5.74) is 1.88. The zero-order valence-corrected chi connectivity index (χ0v) is 15.4. The number of rotatable bonds is 3. The summed E-state index contributed by atoms with van der Waals surface area (Å²) in [6.45, 7) is -0.0740. The van der Waals surface area contributed by atoms with E-state index in [1.165, 1.54) is 0 Å². The van der Waals surface area contributed by atoms with E-state index < -0.39 is 5.91 Å². The van der Waals surface area contributed by atoms with E-state index in [4.69, 9.17) is 5.11 Å². The molecule has 4 aromatic rings. The number of aliphatic hydroxyl groups is 1. The number of fused-ring (bicyclic) bond motifs is 5. The van der Waals surface area contributed by atoms with E-state index in [1.807, 2.05) is 42.5 Å². The minimum atomic E-state index is -0.420. The van der Waals surface area contributed by atoms with Gasteiger partial charge in [-0.25, -0.2) is 4.98 Å². The molecule has 0 spiro atoms. The number of amides is 1. The number of hydrogen-bond acceptors (Lipinski definition) is 4. The molecule has 0 aliphatic heterocycles. The van der Waals surface area contributed by atoms with Gasteiger partial charge in [0, 0.05) is 50.0 Å². The molecule has 6 heteroatoms. The van der Waals surface area contributed by atoms with Crippen LogP contribution in [0.25, 0.3) is 37.9 Å². The summed E-state index contributed by atoms with van der Waals surface area (Å²) < 4.78 is 0. The molecule has 0 aliphatic carbocycles. The van der Waals surface area contributed by atoms with Gasteiger partial charge in [0.05, 0.1) is 16.7 Å². The normalized spacial score (nSPS) is 10.8. The molecule has 4 rings (SSSR count). The summed E-state index contributed by atoms with van der Waals surface area (Å²) in [7, 11) is 0. The van der Waals surface area contributed by atoms with Crippen molar-refractivity contribution in [2.24, 2.45) is 0 Å². The largest absolute Gasteiger partial charge is 0.646 e. The predicted molar refractivity (Wildman–Crippen MR) is 94.2 cm³/mol. The number of hydrogen-bond donors (Lipinski definition) is 1. The molecule has 0 saturated heterocycles. The minimum absolute atomic E-state index is 0. The molecule has 25 heavy (non-hydrogen) atoms. The van der Waals surface area contributed by atoms with Crippen LogP contribution < -0.4 is 0 Å². The van der Waals surface area contributed by atoms with Gasteiger partial charge in [-0.2, -0.15) is 0 Å². The van der Waals surface area contributed by atoms with Crippen LogP contribution in [0.4, 0.5) is 0 Å². The Kier molecular flexibility index (Phi) is 5.07. The van der Waals surface area contributed by atoms with E-state index in [0.29, 0.717) is 0 Å². The number of benzene rings is 2. The van der Waals surface area contributed by atoms with Crippen molar-refractivity contribution < 1.29 is 31.0 Å². The Bertz CT molecular complexity index is 1080. The van der Waals surface area contributed by atoms with E-state index in [9.17, 15) is 4.79 Å². The van der Waals surface area contributed by atoms with Crippen molar-refractivity contribution in [1.29, 1.82) is 0 Å². The first-order valence-corrected chi connectivity index (χ1v) is 7.68. The van der Waals surface area contributed by atoms with Crippen LogP contribution >= 0.6 is 0 Å². The predicted octanol–water partition coefficient (Wildman–Crippen LogP) is 3.44. The van der Waals surface area contributed by atoms with E-state index in [2.05, 4.69) is 15.3 Å². The van der Waals surface area contributed by atoms with Crippen molar-refractivity contribution in [2.75, 3.05) is 13.2 Å². The van der Waals surface area contributed by atoms with Crippen LogP contribution in [0.1, 0.15) is 10.5 Å². The summed E-state index contributed by atoms with van der Waals surface area (Å²) in [6, 6.07) is 15.5. The minimum Gasteiger partial charge on any atom is -0.646 e. The smallest absolute Gasteiger partial charge is 0.101 e. The van der Waals surface area contributed by atoms with E-state index in [1.54, 1.807) is 12.3 Å². The molecule has 0 fully saturated rings. The van der Waals surface area contributed by atoms with Crippen LogP contribution in [-0.4, -0.2) is 34.1 Å². The fraction of sp³-hybridized carbons (Fsp3) is 0.105. The molecular weight excluding hydrogens is 497 g/mol. The first-order chi connectivity index (χ1) is 11.8. The van der Waals surface area contributed by atoms with Gasteiger partial charge >= 0.3 is 0 Å². The fourth-order valence-electron chi connectivity index (χ4n) is 2.88. The fourth-order valence-corrected chi connectivity index (χ4v) is 2.88. The van der Waals surface area contributed by atoms with Crippen LogP contribution in [0.15, 0.2) is 54.7 Å². The van der Waals surface area contributed by atoms with Gasteiger partial charge in [-0.15, -0.1) is 6.54 Å². The molecule has 0 atom stereocenters. The molecule has 2 aromatic heterocycles. The van der Waals surface area contributed by atoms with Crippen molar-refractivity contribution in [2.45, 2.75) is 0 Å². The maximum Gasteiger partial charge on any atom is 0.101 e. The number of carbonyl (C=O) groups excluding carboxylic acids is 1. The van der Waals surface area contributed by atoms with Crippen LogP contribution in [0.5, 0.6) is 0 Å². The third-order valence-electron chi connectivity index (χ3n) is 3.99. The summed E-state index contributed by atoms with van der Waals surface area (Å²) in [4.78, 5) is 21.1. The second kappa shape index (κ2) is 7.26. The zero-order valence-electron chi connectivity index (χ0n) is 13.1. The Hall–Kier alpha value is -2.36. The van der Waals surface area contributed by atoms with Crippen molar-refractivity contribution in [3.63, 3.8) is 0 Å². The Morgan fingerprint density at radius 1 is 0.960 bits per heavy atom. The van der Waals surface area contributed by atoms with Crippen molar-refractivity contribution in [1.82, 2.24) is 9.97 Å². The van der Waals surface area contributed by atoms with Crippen LogP contribution in [0, 0.1) is 0 Å². The molecule has 128 valence electrons. The van der Waals surface area contributed by atoms with E-state index in [-0.39, 0.29) is 39.9 Å². The van der Waals surface area contributed by atoms with Gasteiger partial charge in [0.25, 0.3) is 0 Å². The second-order valence-electron chi connectivity index (χ2n) is 5.48. The Morgan fingerprint density at radius 3 is 2.40 bits per heavy atom.